The van der Waals surface area contributed by atoms with E-state index in [1.54, 1.807) is 25.3 Å². The highest BCUT2D eigenvalue weighted by atomic mass is 16.3. The summed E-state index contributed by atoms with van der Waals surface area (Å²) in [5.74, 6) is -3.12. The molecule has 0 aliphatic carbocycles. The van der Waals surface area contributed by atoms with Crippen LogP contribution >= 0.6 is 0 Å². The van der Waals surface area contributed by atoms with Gasteiger partial charge in [0.05, 0.1) is 23.0 Å². The van der Waals surface area contributed by atoms with E-state index in [4.69, 9.17) is 4.42 Å². The molecule has 2 unspecified atom stereocenters. The fourth-order valence-corrected chi connectivity index (χ4v) is 4.98. The molecule has 3 aromatic rings. The minimum Gasteiger partial charge on any atom is -0.472 e. The quantitative estimate of drug-likeness (QED) is 0.260. The number of piperidine rings is 1. The fraction of sp³-hybridized carbons (Fsp3) is 0.296. The third-order valence-corrected chi connectivity index (χ3v) is 6.85. The number of carbonyl (C=O) groups excluding carboxylic acids is 6. The lowest BCUT2D eigenvalue weighted by atomic mass is 10.0. The van der Waals surface area contributed by atoms with Crippen LogP contribution in [-0.2, 0) is 14.4 Å². The van der Waals surface area contributed by atoms with E-state index in [9.17, 15) is 28.8 Å². The molecule has 5 rings (SSSR count). The Hall–Kier alpha value is -5.27. The lowest BCUT2D eigenvalue weighted by Gasteiger charge is -2.30. The molecule has 0 spiro atoms. The average molecular weight is 562 g/mol. The number of rotatable bonds is 10. The predicted octanol–water partition coefficient (Wildman–Crippen LogP) is 0.836. The number of imidazole rings is 1. The van der Waals surface area contributed by atoms with Crippen LogP contribution in [0.1, 0.15) is 62.7 Å². The van der Waals surface area contributed by atoms with Crippen molar-refractivity contribution in [3.63, 3.8) is 0 Å². The summed E-state index contributed by atoms with van der Waals surface area (Å²) in [5.41, 5.74) is 0.749. The van der Waals surface area contributed by atoms with Crippen molar-refractivity contribution in [2.75, 3.05) is 25.0 Å². The number of imide groups is 2. The second kappa shape index (κ2) is 11.5. The maximum atomic E-state index is 13.5. The Morgan fingerprint density at radius 3 is 2.71 bits per heavy atom. The highest BCUT2D eigenvalue weighted by Crippen LogP contribution is 2.32. The van der Waals surface area contributed by atoms with Crippen molar-refractivity contribution in [3.05, 3.63) is 71.7 Å². The first kappa shape index (κ1) is 27.3. The van der Waals surface area contributed by atoms with Gasteiger partial charge in [-0.15, -0.1) is 0 Å². The van der Waals surface area contributed by atoms with E-state index >= 15 is 0 Å². The first-order valence-corrected chi connectivity index (χ1v) is 13.0. The largest absolute Gasteiger partial charge is 0.472 e. The molecule has 1 aromatic carbocycles. The van der Waals surface area contributed by atoms with E-state index in [-0.39, 0.29) is 48.4 Å². The Kier molecular flexibility index (Phi) is 7.63. The van der Waals surface area contributed by atoms with Crippen LogP contribution in [0.5, 0.6) is 0 Å². The maximum absolute atomic E-state index is 13.5. The Bertz CT molecular complexity index is 1500. The lowest BCUT2D eigenvalue weighted by molar-refractivity contribution is -0.136. The number of hydrogen-bond donors (Lipinski definition) is 4. The van der Waals surface area contributed by atoms with Crippen LogP contribution in [0.4, 0.5) is 5.69 Å². The van der Waals surface area contributed by atoms with Gasteiger partial charge in [-0.2, -0.15) is 0 Å². The second-order valence-corrected chi connectivity index (χ2v) is 9.38. The van der Waals surface area contributed by atoms with Crippen LogP contribution in [-0.4, -0.2) is 80.9 Å². The summed E-state index contributed by atoms with van der Waals surface area (Å²) in [6, 6.07) is 3.98. The van der Waals surface area contributed by atoms with E-state index < -0.39 is 47.5 Å². The molecule has 14 heteroatoms. The first-order valence-electron chi connectivity index (χ1n) is 13.0. The third kappa shape index (κ3) is 5.18. The van der Waals surface area contributed by atoms with Gasteiger partial charge in [-0.25, -0.2) is 4.98 Å². The van der Waals surface area contributed by atoms with Crippen molar-refractivity contribution in [1.29, 1.82) is 0 Å². The number of aromatic nitrogens is 2. The van der Waals surface area contributed by atoms with Crippen molar-refractivity contribution in [2.45, 2.75) is 31.8 Å². The van der Waals surface area contributed by atoms with Gasteiger partial charge in [-0.3, -0.25) is 39.0 Å². The minimum atomic E-state index is -1.10. The van der Waals surface area contributed by atoms with Gasteiger partial charge in [-0.05, 0) is 31.5 Å². The van der Waals surface area contributed by atoms with E-state index in [0.29, 0.717) is 12.2 Å². The van der Waals surface area contributed by atoms with Crippen molar-refractivity contribution in [3.8, 4) is 0 Å². The SMILES string of the molecule is CCNC(=O)C(c1ncc[nH]1)N(CCNc1cccc2c1C(=O)N(C1CCC(=O)NC1=O)C2=O)C(=O)c1ccoc1. The number of nitrogens with one attached hydrogen (secondary N) is 4. The van der Waals surface area contributed by atoms with Crippen molar-refractivity contribution < 1.29 is 33.2 Å². The standard InChI is InChI=1S/C27H27N7O7/c1-2-28-24(37)21(22-30-9-10-31-22)33(25(38)15-8-13-41-14-15)12-11-29-17-5-3-4-16-20(17)27(40)34(26(16)39)18-6-7-19(35)32-23(18)36/h3-5,8-10,13-14,18,21,29H,2,6-7,11-12H2,1H3,(H,28,37)(H,30,31)(H,32,35,36). The zero-order chi connectivity index (χ0) is 29.1. The highest BCUT2D eigenvalue weighted by molar-refractivity contribution is 6.25. The molecule has 1 fully saturated rings. The van der Waals surface area contributed by atoms with E-state index in [1.165, 1.54) is 35.8 Å². The molecule has 1 saturated heterocycles. The van der Waals surface area contributed by atoms with Crippen LogP contribution < -0.4 is 16.0 Å². The number of carbonyl (C=O) groups is 6. The number of H-pyrrole nitrogens is 1. The van der Waals surface area contributed by atoms with Gasteiger partial charge in [0.25, 0.3) is 23.6 Å². The molecule has 0 bridgehead atoms. The third-order valence-electron chi connectivity index (χ3n) is 6.85. The van der Waals surface area contributed by atoms with Crippen molar-refractivity contribution >= 4 is 41.1 Å². The molecule has 4 heterocycles. The summed E-state index contributed by atoms with van der Waals surface area (Å²) in [6.45, 7) is 2.16. The summed E-state index contributed by atoms with van der Waals surface area (Å²) < 4.78 is 5.08. The van der Waals surface area contributed by atoms with Gasteiger partial charge in [0.15, 0.2) is 6.04 Å². The number of benzene rings is 1. The number of amides is 6. The number of fused-ring (bicyclic) bond motifs is 1. The Labute approximate surface area is 233 Å². The molecule has 2 aliphatic rings. The zero-order valence-electron chi connectivity index (χ0n) is 22.0. The monoisotopic (exact) mass is 561 g/mol. The van der Waals surface area contributed by atoms with Gasteiger partial charge >= 0.3 is 0 Å². The van der Waals surface area contributed by atoms with Gasteiger partial charge in [0, 0.05) is 44.1 Å². The average Bonchev–Trinajstić information content (AvgIpc) is 3.72. The molecular formula is C27H27N7O7. The number of anilines is 1. The molecule has 0 saturated carbocycles. The van der Waals surface area contributed by atoms with E-state index in [2.05, 4.69) is 25.9 Å². The van der Waals surface area contributed by atoms with Crippen molar-refractivity contribution in [2.24, 2.45) is 0 Å². The molecule has 0 radical (unpaired) electrons. The van der Waals surface area contributed by atoms with Gasteiger partial charge in [0.2, 0.25) is 11.8 Å². The molecular weight excluding hydrogens is 534 g/mol. The summed E-state index contributed by atoms with van der Waals surface area (Å²) >= 11 is 0. The Morgan fingerprint density at radius 2 is 2.02 bits per heavy atom. The van der Waals surface area contributed by atoms with Gasteiger partial charge < -0.3 is 24.9 Å². The van der Waals surface area contributed by atoms with E-state index in [1.807, 2.05) is 0 Å². The number of aromatic amines is 1. The number of hydrogen-bond acceptors (Lipinski definition) is 9. The van der Waals surface area contributed by atoms with Crippen LogP contribution in [0, 0.1) is 0 Å². The van der Waals surface area contributed by atoms with Crippen LogP contribution in [0.15, 0.2) is 53.6 Å². The molecule has 4 N–H and O–H groups in total. The van der Waals surface area contributed by atoms with Crippen LogP contribution in [0.3, 0.4) is 0 Å². The summed E-state index contributed by atoms with van der Waals surface area (Å²) in [6.07, 6.45) is 5.70. The molecule has 212 valence electrons. The summed E-state index contributed by atoms with van der Waals surface area (Å²) in [4.78, 5) is 86.4. The molecule has 6 amide bonds. The molecule has 2 aliphatic heterocycles. The van der Waals surface area contributed by atoms with Crippen LogP contribution in [0.2, 0.25) is 0 Å². The molecule has 2 aromatic heterocycles. The topological polar surface area (TPSA) is 187 Å². The maximum Gasteiger partial charge on any atom is 0.264 e. The number of likely N-dealkylation sites (N-methyl/N-ethyl adjacent to an activating group) is 1. The lowest BCUT2D eigenvalue weighted by Crippen LogP contribution is -2.54. The summed E-state index contributed by atoms with van der Waals surface area (Å²) in [7, 11) is 0. The summed E-state index contributed by atoms with van der Waals surface area (Å²) in [5, 5.41) is 8.01. The first-order chi connectivity index (χ1) is 19.8. The van der Waals surface area contributed by atoms with Crippen LogP contribution in [0.25, 0.3) is 0 Å². The second-order valence-electron chi connectivity index (χ2n) is 9.38. The molecule has 14 nitrogen and oxygen atoms in total. The van der Waals surface area contributed by atoms with E-state index in [0.717, 1.165) is 4.90 Å². The normalized spacial score (nSPS) is 17.2. The number of furan rings is 1. The molecule has 41 heavy (non-hydrogen) atoms. The smallest absolute Gasteiger partial charge is 0.264 e. The van der Waals surface area contributed by atoms with Gasteiger partial charge in [-0.1, -0.05) is 6.07 Å². The minimum absolute atomic E-state index is 0.00479. The molecule has 2 atom stereocenters. The number of nitrogens with zero attached hydrogens (tertiary/aromatic N) is 3. The Balaban J connectivity index is 1.39. The predicted molar refractivity (Wildman–Crippen MR) is 141 cm³/mol. The van der Waals surface area contributed by atoms with Crippen molar-refractivity contribution in [1.82, 2.24) is 30.4 Å². The fourth-order valence-electron chi connectivity index (χ4n) is 4.98. The van der Waals surface area contributed by atoms with Gasteiger partial charge in [0.1, 0.15) is 18.1 Å². The Morgan fingerprint density at radius 1 is 1.20 bits per heavy atom. The highest BCUT2D eigenvalue weighted by Gasteiger charge is 2.45. The zero-order valence-corrected chi connectivity index (χ0v) is 22.0.